The molecule has 0 amide bonds. The summed E-state index contributed by atoms with van der Waals surface area (Å²) in [4.78, 5) is 17.1. The van der Waals surface area contributed by atoms with Crippen molar-refractivity contribution >= 4 is 17.3 Å². The Morgan fingerprint density at radius 1 is 1.19 bits per heavy atom. The molecule has 1 aliphatic rings. The smallest absolute Gasteiger partial charge is 0.387 e. The van der Waals surface area contributed by atoms with E-state index < -0.39 is 12.6 Å². The number of benzene rings is 2. The van der Waals surface area contributed by atoms with E-state index in [-0.39, 0.29) is 23.6 Å². The van der Waals surface area contributed by atoms with Crippen LogP contribution in [0, 0.1) is 5.92 Å². The molecule has 1 heterocycles. The Morgan fingerprint density at radius 3 is 2.68 bits per heavy atom. The van der Waals surface area contributed by atoms with Crippen molar-refractivity contribution in [3.05, 3.63) is 66.4 Å². The van der Waals surface area contributed by atoms with Crippen molar-refractivity contribution in [2.24, 2.45) is 5.92 Å². The first kappa shape index (κ1) is 20.6. The molecule has 0 radical (unpaired) electrons. The second kappa shape index (κ2) is 9.03. The number of alkyl halides is 2. The summed E-state index contributed by atoms with van der Waals surface area (Å²) < 4.78 is 41.4. The molecule has 0 bridgehead atoms. The number of carboxylic acid groups (broad SMARTS) is 1. The number of hydrogen-bond donors (Lipinski definition) is 1. The van der Waals surface area contributed by atoms with Crippen LogP contribution in [0.15, 0.2) is 59.5 Å². The van der Waals surface area contributed by atoms with Gasteiger partial charge in [0, 0.05) is 17.4 Å². The van der Waals surface area contributed by atoms with Gasteiger partial charge in [0.25, 0.3) is 0 Å². The first-order valence-corrected chi connectivity index (χ1v) is 9.69. The molecule has 0 saturated heterocycles. The van der Waals surface area contributed by atoms with E-state index in [1.54, 1.807) is 35.4 Å². The van der Waals surface area contributed by atoms with Gasteiger partial charge in [-0.3, -0.25) is 0 Å². The van der Waals surface area contributed by atoms with Crippen LogP contribution in [0.4, 0.5) is 20.2 Å². The number of anilines is 2. The SMILES string of the molecule is O=C(O)c1cccc(N(Cc2cnco2)c2ccc(OC(F)F)c(OCC3CC3)c2)c1. The van der Waals surface area contributed by atoms with E-state index in [2.05, 4.69) is 9.72 Å². The van der Waals surface area contributed by atoms with Gasteiger partial charge >= 0.3 is 12.6 Å². The second-order valence-corrected chi connectivity index (χ2v) is 7.17. The van der Waals surface area contributed by atoms with Gasteiger partial charge in [-0.25, -0.2) is 9.78 Å². The molecule has 4 rings (SSSR count). The Kier molecular flexibility index (Phi) is 6.01. The molecule has 0 spiro atoms. The number of nitrogens with zero attached hydrogens (tertiary/aromatic N) is 2. The van der Waals surface area contributed by atoms with Crippen molar-refractivity contribution in [1.29, 1.82) is 0 Å². The molecule has 1 saturated carbocycles. The van der Waals surface area contributed by atoms with Gasteiger partial charge in [0.05, 0.1) is 24.9 Å². The summed E-state index contributed by atoms with van der Waals surface area (Å²) >= 11 is 0. The monoisotopic (exact) mass is 430 g/mol. The van der Waals surface area contributed by atoms with Crippen LogP contribution in [0.1, 0.15) is 29.0 Å². The molecule has 162 valence electrons. The molecule has 1 aliphatic carbocycles. The fourth-order valence-electron chi connectivity index (χ4n) is 3.08. The Labute approximate surface area is 176 Å². The van der Waals surface area contributed by atoms with Gasteiger partial charge in [0.15, 0.2) is 17.9 Å². The van der Waals surface area contributed by atoms with Crippen molar-refractivity contribution in [1.82, 2.24) is 4.98 Å². The number of ether oxygens (including phenoxy) is 2. The zero-order valence-corrected chi connectivity index (χ0v) is 16.4. The van der Waals surface area contributed by atoms with Crippen LogP contribution in [0.5, 0.6) is 11.5 Å². The third-order valence-corrected chi connectivity index (χ3v) is 4.83. The van der Waals surface area contributed by atoms with Gasteiger partial charge in [-0.05, 0) is 49.1 Å². The van der Waals surface area contributed by atoms with Crippen molar-refractivity contribution < 1.29 is 32.6 Å². The Hall–Kier alpha value is -3.62. The molecular formula is C22H20F2N2O5. The highest BCUT2D eigenvalue weighted by Crippen LogP contribution is 2.38. The van der Waals surface area contributed by atoms with E-state index in [4.69, 9.17) is 9.15 Å². The predicted octanol–water partition coefficient (Wildman–Crippen LogP) is 5.10. The number of aromatic carboxylic acids is 1. The van der Waals surface area contributed by atoms with Crippen molar-refractivity contribution in [2.75, 3.05) is 11.5 Å². The van der Waals surface area contributed by atoms with E-state index in [0.717, 1.165) is 12.8 Å². The quantitative estimate of drug-likeness (QED) is 0.479. The second-order valence-electron chi connectivity index (χ2n) is 7.17. The third kappa shape index (κ3) is 5.30. The maximum atomic E-state index is 12.8. The van der Waals surface area contributed by atoms with E-state index in [0.29, 0.717) is 29.7 Å². The number of rotatable bonds is 10. The third-order valence-electron chi connectivity index (χ3n) is 4.83. The summed E-state index contributed by atoms with van der Waals surface area (Å²) in [7, 11) is 0. The molecular weight excluding hydrogens is 410 g/mol. The molecule has 3 aromatic rings. The summed E-state index contributed by atoms with van der Waals surface area (Å²) in [5.74, 6) is 0.0326. The van der Waals surface area contributed by atoms with Crippen LogP contribution in [-0.2, 0) is 6.54 Å². The standard InChI is InChI=1S/C22H20F2N2O5/c23-22(24)31-19-7-6-17(9-20(19)29-12-14-4-5-14)26(11-18-10-25-13-30-18)16-3-1-2-15(8-16)21(27)28/h1-3,6-10,13-14,22H,4-5,11-12H2,(H,27,28). The molecule has 1 aromatic heterocycles. The molecule has 1 N–H and O–H groups in total. The summed E-state index contributed by atoms with van der Waals surface area (Å²) in [6, 6.07) is 11.0. The van der Waals surface area contributed by atoms with Gasteiger partial charge in [-0.1, -0.05) is 6.07 Å². The average molecular weight is 430 g/mol. The Balaban J connectivity index is 1.71. The summed E-state index contributed by atoms with van der Waals surface area (Å²) in [5.41, 5.74) is 1.28. The van der Waals surface area contributed by atoms with Gasteiger partial charge in [-0.15, -0.1) is 0 Å². The highest BCUT2D eigenvalue weighted by Gasteiger charge is 2.24. The molecule has 2 aromatic carbocycles. The summed E-state index contributed by atoms with van der Waals surface area (Å²) in [5, 5.41) is 9.36. The van der Waals surface area contributed by atoms with Gasteiger partial charge in [-0.2, -0.15) is 8.78 Å². The fraction of sp³-hybridized carbons (Fsp3) is 0.273. The number of oxazole rings is 1. The molecule has 0 aliphatic heterocycles. The highest BCUT2D eigenvalue weighted by atomic mass is 19.3. The Bertz CT molecular complexity index is 1040. The lowest BCUT2D eigenvalue weighted by Crippen LogP contribution is -2.17. The number of halogens is 2. The zero-order valence-electron chi connectivity index (χ0n) is 16.4. The Morgan fingerprint density at radius 2 is 2.00 bits per heavy atom. The average Bonchev–Trinajstić information content (AvgIpc) is 3.44. The van der Waals surface area contributed by atoms with Crippen molar-refractivity contribution in [2.45, 2.75) is 26.0 Å². The lowest BCUT2D eigenvalue weighted by Gasteiger charge is -2.25. The van der Waals surface area contributed by atoms with Crippen LogP contribution in [0.3, 0.4) is 0 Å². The number of carbonyl (C=O) groups is 1. The van der Waals surface area contributed by atoms with E-state index in [1.165, 1.54) is 24.6 Å². The maximum absolute atomic E-state index is 12.8. The minimum Gasteiger partial charge on any atom is -0.489 e. The molecule has 31 heavy (non-hydrogen) atoms. The van der Waals surface area contributed by atoms with Gasteiger partial charge in [0.1, 0.15) is 5.76 Å². The number of carboxylic acids is 1. The minimum atomic E-state index is -2.98. The lowest BCUT2D eigenvalue weighted by atomic mass is 10.1. The largest absolute Gasteiger partial charge is 0.489 e. The minimum absolute atomic E-state index is 0.0571. The fourth-order valence-corrected chi connectivity index (χ4v) is 3.08. The van der Waals surface area contributed by atoms with Crippen molar-refractivity contribution in [3.8, 4) is 11.5 Å². The van der Waals surface area contributed by atoms with Crippen LogP contribution < -0.4 is 14.4 Å². The molecule has 7 nitrogen and oxygen atoms in total. The number of hydrogen-bond acceptors (Lipinski definition) is 6. The molecule has 0 unspecified atom stereocenters. The van der Waals surface area contributed by atoms with Crippen molar-refractivity contribution in [3.63, 3.8) is 0 Å². The number of aromatic nitrogens is 1. The summed E-state index contributed by atoms with van der Waals surface area (Å²) in [6.07, 6.45) is 4.94. The first-order chi connectivity index (χ1) is 15.0. The van der Waals surface area contributed by atoms with Crippen LogP contribution in [0.25, 0.3) is 0 Å². The van der Waals surface area contributed by atoms with E-state index in [1.807, 2.05) is 0 Å². The predicted molar refractivity (Wildman–Crippen MR) is 107 cm³/mol. The first-order valence-electron chi connectivity index (χ1n) is 9.69. The van der Waals surface area contributed by atoms with Crippen LogP contribution >= 0.6 is 0 Å². The molecule has 9 heteroatoms. The van der Waals surface area contributed by atoms with E-state index >= 15 is 0 Å². The zero-order chi connectivity index (χ0) is 21.8. The molecule has 1 fully saturated rings. The van der Waals surface area contributed by atoms with Crippen LogP contribution in [-0.4, -0.2) is 29.3 Å². The summed E-state index contributed by atoms with van der Waals surface area (Å²) in [6.45, 7) is -2.33. The van der Waals surface area contributed by atoms with E-state index in [9.17, 15) is 18.7 Å². The highest BCUT2D eigenvalue weighted by molar-refractivity contribution is 5.89. The maximum Gasteiger partial charge on any atom is 0.387 e. The van der Waals surface area contributed by atoms with Gasteiger partial charge in [0.2, 0.25) is 0 Å². The topological polar surface area (TPSA) is 85.0 Å². The lowest BCUT2D eigenvalue weighted by molar-refractivity contribution is -0.0515. The molecule has 0 atom stereocenters. The van der Waals surface area contributed by atoms with Gasteiger partial charge < -0.3 is 23.9 Å². The normalized spacial score (nSPS) is 13.3. The van der Waals surface area contributed by atoms with Crippen LogP contribution in [0.2, 0.25) is 0 Å².